The lowest BCUT2D eigenvalue weighted by Crippen LogP contribution is -2.30. The maximum absolute atomic E-state index is 14.4. The summed E-state index contributed by atoms with van der Waals surface area (Å²) in [6.07, 6.45) is 15.7. The average molecular weight is 1540 g/mol. The number of hydrazone groups is 2. The number of hydrogen-bond donors (Lipinski definition) is 0. The van der Waals surface area contributed by atoms with E-state index in [0.29, 0.717) is 186 Å². The third kappa shape index (κ3) is 26.0. The van der Waals surface area contributed by atoms with Gasteiger partial charge in [-0.25, -0.2) is 29.6 Å². The summed E-state index contributed by atoms with van der Waals surface area (Å²) in [6.45, 7) is 11.4. The molecule has 10 rings (SSSR count). The number of ether oxygens (including phenoxy) is 12. The van der Waals surface area contributed by atoms with Gasteiger partial charge in [-0.2, -0.15) is 10.2 Å². The van der Waals surface area contributed by atoms with E-state index in [2.05, 4.69) is 13.2 Å². The minimum Gasteiger partial charge on any atom is -0.494 e. The summed E-state index contributed by atoms with van der Waals surface area (Å²) in [5.41, 5.74) is 3.92. The fourth-order valence-electron chi connectivity index (χ4n) is 12.3. The highest BCUT2D eigenvalue weighted by Crippen LogP contribution is 2.38. The van der Waals surface area contributed by atoms with Crippen molar-refractivity contribution >= 4 is 102 Å². The lowest BCUT2D eigenvalue weighted by molar-refractivity contribution is -0.145. The number of carbonyl (C=O) groups excluding carboxylic acids is 6. The fraction of sp³-hybridized carbons (Fsp3) is 0.405. The number of esters is 6. The number of rotatable bonds is 45. The zero-order chi connectivity index (χ0) is 77.1. The zero-order valence-corrected chi connectivity index (χ0v) is 64.0. The van der Waals surface area contributed by atoms with Gasteiger partial charge in [0.25, 0.3) is 0 Å². The molecule has 0 aliphatic heterocycles. The maximum Gasteiger partial charge on any atom is 0.330 e. The number of methoxy groups -OCH3 is 2. The summed E-state index contributed by atoms with van der Waals surface area (Å²) in [4.78, 5) is 88.4. The van der Waals surface area contributed by atoms with Crippen LogP contribution in [0.25, 0.3) is 31.6 Å². The second-order valence-corrected chi connectivity index (χ2v) is 28.4. The van der Waals surface area contributed by atoms with Gasteiger partial charge in [0.15, 0.2) is 0 Å². The van der Waals surface area contributed by atoms with Gasteiger partial charge in [0, 0.05) is 37.5 Å². The smallest absolute Gasteiger partial charge is 0.330 e. The Morgan fingerprint density at radius 3 is 1.14 bits per heavy atom. The molecule has 8 aromatic rings. The number of anilines is 2. The molecule has 2 saturated carbocycles. The molecule has 0 atom stereocenters. The number of hydrogen-bond acceptors (Lipinski definition) is 26. The number of fused-ring (bicyclic) bond motifs is 2. The topological polar surface area (TPSA) is 270 Å². The van der Waals surface area contributed by atoms with Crippen LogP contribution in [0.15, 0.2) is 169 Å². The number of thiazole rings is 2. The normalized spacial score (nSPS) is 15.6. The molecule has 26 heteroatoms. The third-order valence-corrected chi connectivity index (χ3v) is 20.6. The molecule has 110 heavy (non-hydrogen) atoms. The van der Waals surface area contributed by atoms with Crippen molar-refractivity contribution < 1.29 is 85.6 Å². The van der Waals surface area contributed by atoms with E-state index < -0.39 is 47.5 Å². The van der Waals surface area contributed by atoms with Crippen molar-refractivity contribution in [2.75, 3.05) is 103 Å². The summed E-state index contributed by atoms with van der Waals surface area (Å²) in [6, 6.07) is 40.5. The largest absolute Gasteiger partial charge is 0.494 e. The van der Waals surface area contributed by atoms with Gasteiger partial charge in [-0.1, -0.05) is 72.2 Å². The molecule has 0 bridgehead atoms. The lowest BCUT2D eigenvalue weighted by Gasteiger charge is -2.26. The molecule has 0 amide bonds. The molecule has 2 heterocycles. The van der Waals surface area contributed by atoms with Crippen LogP contribution in [-0.4, -0.2) is 152 Å². The SMILES string of the molecule is C=CC(=O)OCCCCCCOc1ccc(OC(=O)C2CCC(C(=O)Oc3ccc(-c4ccc(OC(=O)C5CCC(C(=O)Oc6ccc(OCCCCCCOC(=O)C=C)cc6)CC5)c(/C=N/N(CCOCCOC)c5nc6ccccc6s5)c4)cc3/C=N/N(CCOCCOC)c3nc4ccccc4s3)CC2)cc1. The quantitative estimate of drug-likeness (QED) is 0.00856. The highest BCUT2D eigenvalue weighted by molar-refractivity contribution is 7.22. The van der Waals surface area contributed by atoms with Crippen LogP contribution in [0, 0.1) is 23.7 Å². The Kier molecular flexibility index (Phi) is 33.2. The standard InChI is InChI=1S/C84H96N6O18S2/c1-5-77(91)103-47-17-9-7-15-45-101-67-33-37-69(38-34-67)105-79(93)59-23-27-61(28-24-59)81(95)107-73-41-31-63(55-65(73)57-85-89(43-49-99-53-51-97-3)83-87-71-19-11-13-21-75(71)109-83)64-32-42-74(66(56-64)58-86-90(44-50-100-54-52-98-4)84-88-72-20-12-14-22-76(72)110-84)108-82(96)62-29-25-60(26-30-62)80(94)106-70-39-35-68(36-40-70)102-46-16-8-10-18-48-104-78(92)6-2/h5-6,11-14,19-22,31-42,55-62H,1-2,7-10,15-18,23-30,43-54H2,3-4H3/b85-57+,86-58+. The molecule has 2 aromatic heterocycles. The molecule has 24 nitrogen and oxygen atoms in total. The van der Waals surface area contributed by atoms with Crippen molar-refractivity contribution in [2.45, 2.75) is 103 Å². The molecule has 0 spiro atoms. The van der Waals surface area contributed by atoms with E-state index in [1.54, 1.807) is 97.3 Å². The first-order valence-corrected chi connectivity index (χ1v) is 39.1. The van der Waals surface area contributed by atoms with Gasteiger partial charge in [0.2, 0.25) is 10.3 Å². The van der Waals surface area contributed by atoms with Crippen LogP contribution in [0.4, 0.5) is 10.3 Å². The van der Waals surface area contributed by atoms with E-state index in [1.165, 1.54) is 22.7 Å². The predicted octanol–water partition coefficient (Wildman–Crippen LogP) is 15.6. The maximum atomic E-state index is 14.4. The number of aromatic nitrogens is 2. The van der Waals surface area contributed by atoms with Crippen LogP contribution in [0.1, 0.15) is 114 Å². The van der Waals surface area contributed by atoms with Crippen molar-refractivity contribution in [1.29, 1.82) is 0 Å². The van der Waals surface area contributed by atoms with Crippen molar-refractivity contribution in [2.24, 2.45) is 33.9 Å². The van der Waals surface area contributed by atoms with Gasteiger partial charge in [0.05, 0.1) is 136 Å². The van der Waals surface area contributed by atoms with Crippen LogP contribution in [0.2, 0.25) is 0 Å². The highest BCUT2D eigenvalue weighted by Gasteiger charge is 2.35. The van der Waals surface area contributed by atoms with E-state index in [1.807, 2.05) is 72.8 Å². The highest BCUT2D eigenvalue weighted by atomic mass is 32.1. The molecule has 6 aromatic carbocycles. The van der Waals surface area contributed by atoms with E-state index in [9.17, 15) is 28.8 Å². The Balaban J connectivity index is 0.850. The Morgan fingerprint density at radius 2 is 0.773 bits per heavy atom. The minimum atomic E-state index is -0.514. The summed E-state index contributed by atoms with van der Waals surface area (Å²) < 4.78 is 70.6. The number of benzene rings is 6. The molecule has 0 radical (unpaired) electrons. The Bertz CT molecular complexity index is 4020. The molecule has 0 saturated heterocycles. The van der Waals surface area contributed by atoms with E-state index in [0.717, 1.165) is 84.0 Å². The number of unbranched alkanes of at least 4 members (excludes halogenated alkanes) is 6. The first-order valence-electron chi connectivity index (χ1n) is 37.5. The van der Waals surface area contributed by atoms with Crippen LogP contribution >= 0.6 is 22.7 Å². The molecular formula is C84H96N6O18S2. The van der Waals surface area contributed by atoms with Gasteiger partial charge in [0.1, 0.15) is 34.5 Å². The summed E-state index contributed by atoms with van der Waals surface area (Å²) in [7, 11) is 3.23. The lowest BCUT2D eigenvalue weighted by atomic mass is 9.82. The minimum absolute atomic E-state index is 0.248. The van der Waals surface area contributed by atoms with Crippen LogP contribution < -0.4 is 38.4 Å². The third-order valence-electron chi connectivity index (χ3n) is 18.5. The summed E-state index contributed by atoms with van der Waals surface area (Å²) in [5, 5.41) is 14.8. The molecule has 2 fully saturated rings. The van der Waals surface area contributed by atoms with Crippen LogP contribution in [-0.2, 0) is 57.2 Å². The van der Waals surface area contributed by atoms with Crippen LogP contribution in [0.5, 0.6) is 34.5 Å². The summed E-state index contributed by atoms with van der Waals surface area (Å²) in [5.74, 6) is -1.78. The monoisotopic (exact) mass is 1540 g/mol. The second-order valence-electron chi connectivity index (χ2n) is 26.4. The van der Waals surface area contributed by atoms with Gasteiger partial charge in [-0.05, 0) is 211 Å². The molecule has 0 N–H and O–H groups in total. The van der Waals surface area contributed by atoms with Crippen LogP contribution in [0.3, 0.4) is 0 Å². The molecule has 2 aliphatic carbocycles. The predicted molar refractivity (Wildman–Crippen MR) is 423 cm³/mol. The van der Waals surface area contributed by atoms with Crippen molar-refractivity contribution in [1.82, 2.24) is 9.97 Å². The Morgan fingerprint density at radius 1 is 0.418 bits per heavy atom. The van der Waals surface area contributed by atoms with Crippen molar-refractivity contribution in [3.8, 4) is 45.6 Å². The first kappa shape index (κ1) is 82.3. The van der Waals surface area contributed by atoms with Crippen molar-refractivity contribution in [3.63, 3.8) is 0 Å². The fourth-order valence-corrected chi connectivity index (χ4v) is 14.2. The van der Waals surface area contributed by atoms with Gasteiger partial charge >= 0.3 is 35.8 Å². The first-order chi connectivity index (χ1) is 53.8. The second kappa shape index (κ2) is 44.4. The average Bonchev–Trinajstić information content (AvgIpc) is 0.893. The molecular weight excluding hydrogens is 1450 g/mol. The number of para-hydroxylation sites is 2. The van der Waals surface area contributed by atoms with E-state index >= 15 is 0 Å². The molecule has 582 valence electrons. The number of nitrogens with zero attached hydrogens (tertiary/aromatic N) is 6. The van der Waals surface area contributed by atoms with E-state index in [4.69, 9.17) is 77.0 Å². The zero-order valence-electron chi connectivity index (χ0n) is 62.4. The van der Waals surface area contributed by atoms with E-state index in [-0.39, 0.29) is 23.4 Å². The van der Waals surface area contributed by atoms with Gasteiger partial charge in [-0.3, -0.25) is 19.2 Å². The molecule has 2 aliphatic rings. The molecule has 0 unspecified atom stereocenters. The Labute approximate surface area is 649 Å². The van der Waals surface area contributed by atoms with Gasteiger partial charge < -0.3 is 56.8 Å². The van der Waals surface area contributed by atoms with Gasteiger partial charge in [-0.15, -0.1) is 0 Å². The Hall–Kier alpha value is -10.2. The number of carbonyl (C=O) groups is 6. The van der Waals surface area contributed by atoms with Crippen molar-refractivity contribution in [3.05, 3.63) is 170 Å². The summed E-state index contributed by atoms with van der Waals surface area (Å²) >= 11 is 2.95.